The molecule has 6 heteroatoms. The van der Waals surface area contributed by atoms with E-state index in [1.54, 1.807) is 11.8 Å². The minimum Gasteiger partial charge on any atom is -0.379 e. The molecular weight excluding hydrogens is 304 g/mol. The molecule has 1 fully saturated rings. The third-order valence-corrected chi connectivity index (χ3v) is 4.54. The standard InChI is InChI=1S/C18H24N4O2/c1-21-13-15(12-20-21)10-16-17(24-2)8-9-22(16)18(23)19-11-14-6-4-3-5-7-14/h3-7,12-13,16-17H,8-11H2,1-2H3,(H,19,23)/t16-,17-/m1/s1. The second-order valence-electron chi connectivity index (χ2n) is 6.19. The number of carbonyl (C=O) groups is 1. The second kappa shape index (κ2) is 7.49. The lowest BCUT2D eigenvalue weighted by Gasteiger charge is -2.27. The maximum atomic E-state index is 12.6. The number of hydrogen-bond donors (Lipinski definition) is 1. The van der Waals surface area contributed by atoms with Gasteiger partial charge in [0, 0.05) is 33.4 Å². The third kappa shape index (κ3) is 3.76. The first-order valence-electron chi connectivity index (χ1n) is 8.26. The Balaban J connectivity index is 1.64. The summed E-state index contributed by atoms with van der Waals surface area (Å²) in [6.07, 6.45) is 5.52. The topological polar surface area (TPSA) is 59.4 Å². The highest BCUT2D eigenvalue weighted by Crippen LogP contribution is 2.24. The average Bonchev–Trinajstić information content (AvgIpc) is 3.20. The van der Waals surface area contributed by atoms with E-state index in [2.05, 4.69) is 10.4 Å². The molecule has 1 aromatic carbocycles. The van der Waals surface area contributed by atoms with Crippen molar-refractivity contribution in [1.82, 2.24) is 20.0 Å². The van der Waals surface area contributed by atoms with Crippen molar-refractivity contribution >= 4 is 6.03 Å². The Morgan fingerprint density at radius 2 is 2.12 bits per heavy atom. The summed E-state index contributed by atoms with van der Waals surface area (Å²) in [6, 6.07) is 9.94. The molecule has 6 nitrogen and oxygen atoms in total. The number of nitrogens with one attached hydrogen (secondary N) is 1. The summed E-state index contributed by atoms with van der Waals surface area (Å²) in [7, 11) is 3.61. The molecule has 1 aliphatic heterocycles. The summed E-state index contributed by atoms with van der Waals surface area (Å²) in [5, 5.41) is 7.23. The first-order chi connectivity index (χ1) is 11.7. The smallest absolute Gasteiger partial charge is 0.318 e. The summed E-state index contributed by atoms with van der Waals surface area (Å²) in [5.41, 5.74) is 2.21. The van der Waals surface area contributed by atoms with Gasteiger partial charge < -0.3 is 15.0 Å². The molecule has 0 radical (unpaired) electrons. The van der Waals surface area contributed by atoms with E-state index in [0.29, 0.717) is 13.1 Å². The van der Waals surface area contributed by atoms with E-state index in [0.717, 1.165) is 24.0 Å². The van der Waals surface area contributed by atoms with Crippen LogP contribution in [0.25, 0.3) is 0 Å². The molecule has 0 spiro atoms. The first-order valence-corrected chi connectivity index (χ1v) is 8.26. The van der Waals surface area contributed by atoms with E-state index >= 15 is 0 Å². The van der Waals surface area contributed by atoms with Gasteiger partial charge in [0.25, 0.3) is 0 Å². The van der Waals surface area contributed by atoms with Crippen LogP contribution in [0.4, 0.5) is 4.79 Å². The Bertz CT molecular complexity index is 671. The summed E-state index contributed by atoms with van der Waals surface area (Å²) in [6.45, 7) is 1.25. The van der Waals surface area contributed by atoms with Crippen molar-refractivity contribution in [2.75, 3.05) is 13.7 Å². The van der Waals surface area contributed by atoms with Crippen LogP contribution < -0.4 is 5.32 Å². The number of hydrogen-bond acceptors (Lipinski definition) is 3. The van der Waals surface area contributed by atoms with E-state index in [4.69, 9.17) is 4.74 Å². The third-order valence-electron chi connectivity index (χ3n) is 4.54. The molecule has 2 aromatic rings. The van der Waals surface area contributed by atoms with Crippen LogP contribution in [0.1, 0.15) is 17.5 Å². The number of rotatable bonds is 5. The predicted molar refractivity (Wildman–Crippen MR) is 91.5 cm³/mol. The maximum Gasteiger partial charge on any atom is 0.318 e. The zero-order valence-corrected chi connectivity index (χ0v) is 14.2. The zero-order valence-electron chi connectivity index (χ0n) is 14.2. The molecule has 2 amide bonds. The fraction of sp³-hybridized carbons (Fsp3) is 0.444. The van der Waals surface area contributed by atoms with Gasteiger partial charge in [-0.15, -0.1) is 0 Å². The van der Waals surface area contributed by atoms with Crippen molar-refractivity contribution in [1.29, 1.82) is 0 Å². The molecule has 24 heavy (non-hydrogen) atoms. The van der Waals surface area contributed by atoms with Gasteiger partial charge in [-0.1, -0.05) is 30.3 Å². The van der Waals surface area contributed by atoms with Crippen molar-refractivity contribution in [2.45, 2.75) is 31.5 Å². The zero-order chi connectivity index (χ0) is 16.9. The largest absolute Gasteiger partial charge is 0.379 e. The molecular formula is C18H24N4O2. The van der Waals surface area contributed by atoms with Gasteiger partial charge in [-0.2, -0.15) is 5.10 Å². The fourth-order valence-electron chi connectivity index (χ4n) is 3.29. The molecule has 0 bridgehead atoms. The molecule has 0 aliphatic carbocycles. The van der Waals surface area contributed by atoms with E-state index in [1.807, 2.05) is 54.7 Å². The molecule has 1 aliphatic rings. The predicted octanol–water partition coefficient (Wildman–Crippen LogP) is 1.96. The van der Waals surface area contributed by atoms with E-state index in [1.165, 1.54) is 0 Å². The molecule has 0 saturated carbocycles. The van der Waals surface area contributed by atoms with Gasteiger partial charge in [0.2, 0.25) is 0 Å². The molecule has 3 rings (SSSR count). The fourth-order valence-corrected chi connectivity index (χ4v) is 3.29. The summed E-state index contributed by atoms with van der Waals surface area (Å²) >= 11 is 0. The molecule has 1 saturated heterocycles. The summed E-state index contributed by atoms with van der Waals surface area (Å²) < 4.78 is 7.38. The van der Waals surface area contributed by atoms with Crippen LogP contribution in [0, 0.1) is 0 Å². The van der Waals surface area contributed by atoms with Crippen LogP contribution >= 0.6 is 0 Å². The highest BCUT2D eigenvalue weighted by molar-refractivity contribution is 5.75. The number of urea groups is 1. The Labute approximate surface area is 142 Å². The Hall–Kier alpha value is -2.34. The number of carbonyl (C=O) groups excluding carboxylic acids is 1. The lowest BCUT2D eigenvalue weighted by atomic mass is 10.0. The minimum atomic E-state index is -0.0349. The van der Waals surface area contributed by atoms with Crippen molar-refractivity contribution in [3.63, 3.8) is 0 Å². The van der Waals surface area contributed by atoms with Gasteiger partial charge in [-0.25, -0.2) is 4.79 Å². The van der Waals surface area contributed by atoms with Crippen LogP contribution in [0.5, 0.6) is 0 Å². The quantitative estimate of drug-likeness (QED) is 0.913. The number of nitrogens with zero attached hydrogens (tertiary/aromatic N) is 3. The molecule has 2 atom stereocenters. The van der Waals surface area contributed by atoms with Gasteiger partial charge in [-0.3, -0.25) is 4.68 Å². The lowest BCUT2D eigenvalue weighted by molar-refractivity contribution is 0.0724. The van der Waals surface area contributed by atoms with Gasteiger partial charge in [0.05, 0.1) is 18.3 Å². The Morgan fingerprint density at radius 3 is 2.79 bits per heavy atom. The van der Waals surface area contributed by atoms with Crippen molar-refractivity contribution < 1.29 is 9.53 Å². The van der Waals surface area contributed by atoms with Gasteiger partial charge in [-0.05, 0) is 24.0 Å². The summed E-state index contributed by atoms with van der Waals surface area (Å²) in [5.74, 6) is 0. The number of aryl methyl sites for hydroxylation is 1. The van der Waals surface area contributed by atoms with Crippen molar-refractivity contribution in [3.05, 3.63) is 53.9 Å². The van der Waals surface area contributed by atoms with Crippen molar-refractivity contribution in [3.8, 4) is 0 Å². The molecule has 1 N–H and O–H groups in total. The number of aromatic nitrogens is 2. The van der Waals surface area contributed by atoms with Crippen LogP contribution in [0.2, 0.25) is 0 Å². The number of ether oxygens (including phenoxy) is 1. The van der Waals surface area contributed by atoms with Gasteiger partial charge in [0.1, 0.15) is 0 Å². The average molecular weight is 328 g/mol. The van der Waals surface area contributed by atoms with Gasteiger partial charge in [0.15, 0.2) is 0 Å². The lowest BCUT2D eigenvalue weighted by Crippen LogP contribution is -2.46. The second-order valence-corrected chi connectivity index (χ2v) is 6.19. The summed E-state index contributed by atoms with van der Waals surface area (Å²) in [4.78, 5) is 14.5. The SMILES string of the molecule is CO[C@@H]1CCN(C(=O)NCc2ccccc2)[C@@H]1Cc1cnn(C)c1. The molecule has 2 heterocycles. The van der Waals surface area contributed by atoms with Crippen LogP contribution in [-0.4, -0.2) is 46.5 Å². The number of methoxy groups -OCH3 is 1. The first kappa shape index (κ1) is 16.5. The highest BCUT2D eigenvalue weighted by Gasteiger charge is 2.37. The highest BCUT2D eigenvalue weighted by atomic mass is 16.5. The van der Waals surface area contributed by atoms with E-state index in [-0.39, 0.29) is 18.2 Å². The number of likely N-dealkylation sites (tertiary alicyclic amines) is 1. The van der Waals surface area contributed by atoms with Crippen molar-refractivity contribution in [2.24, 2.45) is 7.05 Å². The van der Waals surface area contributed by atoms with Crippen LogP contribution in [-0.2, 0) is 24.8 Å². The molecule has 1 aromatic heterocycles. The number of amides is 2. The maximum absolute atomic E-state index is 12.6. The van der Waals surface area contributed by atoms with E-state index in [9.17, 15) is 4.79 Å². The Morgan fingerprint density at radius 1 is 1.33 bits per heavy atom. The molecule has 128 valence electrons. The van der Waals surface area contributed by atoms with Crippen LogP contribution in [0.15, 0.2) is 42.7 Å². The van der Waals surface area contributed by atoms with Crippen LogP contribution in [0.3, 0.4) is 0 Å². The van der Waals surface area contributed by atoms with E-state index < -0.39 is 0 Å². The minimum absolute atomic E-state index is 0.0349. The molecule has 0 unspecified atom stereocenters. The monoisotopic (exact) mass is 328 g/mol. The Kier molecular flexibility index (Phi) is 5.15. The normalized spacial score (nSPS) is 20.3. The van der Waals surface area contributed by atoms with Gasteiger partial charge >= 0.3 is 6.03 Å². The number of benzene rings is 1.